The van der Waals surface area contributed by atoms with Crippen molar-refractivity contribution in [2.24, 2.45) is 0 Å². The van der Waals surface area contributed by atoms with E-state index in [9.17, 15) is 9.00 Å². The molecular weight excluding hydrogens is 260 g/mol. The molecule has 0 saturated heterocycles. The van der Waals surface area contributed by atoms with Crippen molar-refractivity contribution in [3.63, 3.8) is 0 Å². The average molecular weight is 278 g/mol. The SMILES string of the molecule is C[C@H](C[S@](C)=O)N(C)C(=O)c1ccc2cc[nH]c2c1. The third kappa shape index (κ3) is 3.04. The minimum atomic E-state index is -0.905. The van der Waals surface area contributed by atoms with Crippen molar-refractivity contribution >= 4 is 27.6 Å². The maximum atomic E-state index is 12.3. The van der Waals surface area contributed by atoms with Crippen LogP contribution in [0.2, 0.25) is 0 Å². The van der Waals surface area contributed by atoms with Gasteiger partial charge in [0.15, 0.2) is 0 Å². The van der Waals surface area contributed by atoms with Crippen molar-refractivity contribution in [1.29, 1.82) is 0 Å². The van der Waals surface area contributed by atoms with E-state index in [-0.39, 0.29) is 11.9 Å². The Kier molecular flexibility index (Phi) is 4.04. The summed E-state index contributed by atoms with van der Waals surface area (Å²) in [7, 11) is 0.844. The topological polar surface area (TPSA) is 53.2 Å². The Bertz CT molecular complexity index is 621. The number of carbonyl (C=O) groups excluding carboxylic acids is 1. The van der Waals surface area contributed by atoms with Crippen LogP contribution >= 0.6 is 0 Å². The highest BCUT2D eigenvalue weighted by atomic mass is 32.2. The number of aromatic nitrogens is 1. The fourth-order valence-electron chi connectivity index (χ4n) is 2.04. The van der Waals surface area contributed by atoms with Gasteiger partial charge in [-0.1, -0.05) is 6.07 Å². The highest BCUT2D eigenvalue weighted by Gasteiger charge is 2.18. The second kappa shape index (κ2) is 5.57. The molecule has 1 N–H and O–H groups in total. The summed E-state index contributed by atoms with van der Waals surface area (Å²) < 4.78 is 11.2. The summed E-state index contributed by atoms with van der Waals surface area (Å²) in [6, 6.07) is 7.53. The molecule has 0 aliphatic heterocycles. The standard InChI is InChI=1S/C14H18N2O2S/c1-10(9-19(3)18)16(2)14(17)12-5-4-11-6-7-15-13(11)8-12/h4-8,10,15H,9H2,1-3H3/t10-,19+/m1/s1. The number of carbonyl (C=O) groups is 1. The number of amides is 1. The Hall–Kier alpha value is -1.62. The average Bonchev–Trinajstić information content (AvgIpc) is 2.83. The quantitative estimate of drug-likeness (QED) is 0.930. The summed E-state index contributed by atoms with van der Waals surface area (Å²) in [5.41, 5.74) is 1.59. The lowest BCUT2D eigenvalue weighted by Gasteiger charge is -2.24. The van der Waals surface area contributed by atoms with Gasteiger partial charge >= 0.3 is 0 Å². The summed E-state index contributed by atoms with van der Waals surface area (Å²) in [4.78, 5) is 17.1. The van der Waals surface area contributed by atoms with E-state index in [2.05, 4.69) is 4.98 Å². The number of H-pyrrole nitrogens is 1. The van der Waals surface area contributed by atoms with Crippen molar-refractivity contribution in [2.75, 3.05) is 19.1 Å². The van der Waals surface area contributed by atoms with Crippen LogP contribution in [-0.4, -0.2) is 45.1 Å². The molecule has 0 saturated carbocycles. The molecule has 1 amide bonds. The van der Waals surface area contributed by atoms with Crippen molar-refractivity contribution in [2.45, 2.75) is 13.0 Å². The van der Waals surface area contributed by atoms with E-state index in [1.54, 1.807) is 18.2 Å². The van der Waals surface area contributed by atoms with Gasteiger partial charge in [-0.3, -0.25) is 9.00 Å². The van der Waals surface area contributed by atoms with Gasteiger partial charge in [0.25, 0.3) is 5.91 Å². The number of fused-ring (bicyclic) bond motifs is 1. The van der Waals surface area contributed by atoms with E-state index in [1.165, 1.54) is 0 Å². The maximum absolute atomic E-state index is 12.3. The van der Waals surface area contributed by atoms with E-state index < -0.39 is 10.8 Å². The molecule has 2 atom stereocenters. The molecule has 1 aromatic heterocycles. The van der Waals surface area contributed by atoms with Crippen LogP contribution in [0.4, 0.5) is 0 Å². The molecule has 1 aromatic carbocycles. The monoisotopic (exact) mass is 278 g/mol. The molecule has 2 aromatic rings. The highest BCUT2D eigenvalue weighted by molar-refractivity contribution is 7.84. The molecular formula is C14H18N2O2S. The van der Waals surface area contributed by atoms with Crippen LogP contribution in [0.1, 0.15) is 17.3 Å². The molecule has 4 nitrogen and oxygen atoms in total. The van der Waals surface area contributed by atoms with Crippen LogP contribution in [0.3, 0.4) is 0 Å². The lowest BCUT2D eigenvalue weighted by atomic mass is 10.1. The zero-order valence-electron chi connectivity index (χ0n) is 11.3. The normalized spacial score (nSPS) is 14.3. The molecule has 0 fully saturated rings. The smallest absolute Gasteiger partial charge is 0.253 e. The molecule has 5 heteroatoms. The van der Waals surface area contributed by atoms with E-state index in [4.69, 9.17) is 0 Å². The Balaban J connectivity index is 2.20. The maximum Gasteiger partial charge on any atom is 0.253 e. The molecule has 0 spiro atoms. The van der Waals surface area contributed by atoms with Gasteiger partial charge in [-0.05, 0) is 30.5 Å². The molecule has 0 aliphatic rings. The highest BCUT2D eigenvalue weighted by Crippen LogP contribution is 2.16. The summed E-state index contributed by atoms with van der Waals surface area (Å²) in [5.74, 6) is 0.446. The lowest BCUT2D eigenvalue weighted by Crippen LogP contribution is -2.38. The van der Waals surface area contributed by atoms with Crippen LogP contribution in [0, 0.1) is 0 Å². The third-order valence-corrected chi connectivity index (χ3v) is 4.21. The lowest BCUT2D eigenvalue weighted by molar-refractivity contribution is 0.0757. The first kappa shape index (κ1) is 13.8. The Labute approximate surface area is 115 Å². The van der Waals surface area contributed by atoms with Crippen LogP contribution in [0.5, 0.6) is 0 Å². The summed E-state index contributed by atoms with van der Waals surface area (Å²) in [5, 5.41) is 1.09. The molecule has 0 aliphatic carbocycles. The number of benzene rings is 1. The number of hydrogen-bond donors (Lipinski definition) is 1. The number of aromatic amines is 1. The fraction of sp³-hybridized carbons (Fsp3) is 0.357. The minimum Gasteiger partial charge on any atom is -0.361 e. The molecule has 0 bridgehead atoms. The molecule has 0 unspecified atom stereocenters. The van der Waals surface area contributed by atoms with Crippen molar-refractivity contribution < 1.29 is 9.00 Å². The summed E-state index contributed by atoms with van der Waals surface area (Å²) >= 11 is 0. The number of nitrogens with one attached hydrogen (secondary N) is 1. The van der Waals surface area contributed by atoms with E-state index in [0.29, 0.717) is 11.3 Å². The van der Waals surface area contributed by atoms with Crippen molar-refractivity contribution in [3.8, 4) is 0 Å². The van der Waals surface area contributed by atoms with Gasteiger partial charge < -0.3 is 9.88 Å². The summed E-state index contributed by atoms with van der Waals surface area (Å²) in [6.07, 6.45) is 3.51. The first-order valence-electron chi connectivity index (χ1n) is 6.13. The van der Waals surface area contributed by atoms with E-state index in [0.717, 1.165) is 10.9 Å². The fourth-order valence-corrected chi connectivity index (χ4v) is 2.94. The number of hydrogen-bond acceptors (Lipinski definition) is 2. The predicted molar refractivity (Wildman–Crippen MR) is 78.8 cm³/mol. The molecule has 19 heavy (non-hydrogen) atoms. The number of rotatable bonds is 4. The van der Waals surface area contributed by atoms with Gasteiger partial charge in [0.05, 0.1) is 0 Å². The van der Waals surface area contributed by atoms with E-state index in [1.807, 2.05) is 37.4 Å². The molecule has 0 radical (unpaired) electrons. The second-order valence-corrected chi connectivity index (χ2v) is 6.26. The van der Waals surface area contributed by atoms with Gasteiger partial charge in [-0.2, -0.15) is 0 Å². The minimum absolute atomic E-state index is 0.0438. The Morgan fingerprint density at radius 1 is 1.42 bits per heavy atom. The molecule has 2 rings (SSSR count). The number of nitrogens with zero attached hydrogens (tertiary/aromatic N) is 1. The molecule has 1 heterocycles. The Morgan fingerprint density at radius 3 is 2.84 bits per heavy atom. The van der Waals surface area contributed by atoms with Crippen molar-refractivity contribution in [3.05, 3.63) is 36.0 Å². The van der Waals surface area contributed by atoms with E-state index >= 15 is 0 Å². The van der Waals surface area contributed by atoms with Crippen LogP contribution in [0.25, 0.3) is 10.9 Å². The van der Waals surface area contributed by atoms with Gasteiger partial charge in [0.1, 0.15) is 0 Å². The zero-order chi connectivity index (χ0) is 14.0. The first-order chi connectivity index (χ1) is 8.99. The van der Waals surface area contributed by atoms with Gasteiger partial charge in [-0.25, -0.2) is 0 Å². The van der Waals surface area contributed by atoms with Crippen LogP contribution in [0.15, 0.2) is 30.5 Å². The third-order valence-electron chi connectivity index (χ3n) is 3.26. The predicted octanol–water partition coefficient (Wildman–Crippen LogP) is 2.01. The largest absolute Gasteiger partial charge is 0.361 e. The van der Waals surface area contributed by atoms with Gasteiger partial charge in [-0.15, -0.1) is 0 Å². The van der Waals surface area contributed by atoms with Gasteiger partial charge in [0.2, 0.25) is 0 Å². The first-order valence-corrected chi connectivity index (χ1v) is 7.86. The second-order valence-electron chi connectivity index (χ2n) is 4.78. The zero-order valence-corrected chi connectivity index (χ0v) is 12.2. The Morgan fingerprint density at radius 2 is 2.16 bits per heavy atom. The van der Waals surface area contributed by atoms with Crippen LogP contribution in [-0.2, 0) is 10.8 Å². The van der Waals surface area contributed by atoms with Crippen LogP contribution < -0.4 is 0 Å². The van der Waals surface area contributed by atoms with Crippen molar-refractivity contribution in [1.82, 2.24) is 9.88 Å². The molecule has 102 valence electrons. The van der Waals surface area contributed by atoms with Gasteiger partial charge in [0, 0.05) is 53.2 Å². The summed E-state index contributed by atoms with van der Waals surface area (Å²) in [6.45, 7) is 1.91.